The predicted octanol–water partition coefficient (Wildman–Crippen LogP) is 6.74. The number of hydrogen-bond donors (Lipinski definition) is 1. The molecule has 1 fully saturated rings. The van der Waals surface area contributed by atoms with Crippen LogP contribution in [-0.4, -0.2) is 30.3 Å². The molecule has 1 aliphatic carbocycles. The van der Waals surface area contributed by atoms with Crippen molar-refractivity contribution in [3.63, 3.8) is 0 Å². The first-order valence-electron chi connectivity index (χ1n) is 10.9. The molecule has 1 saturated carbocycles. The molecule has 174 valence electrons. The van der Waals surface area contributed by atoms with Gasteiger partial charge in [-0.1, -0.05) is 53.4 Å². The molecule has 0 spiro atoms. The number of carbonyl (C=O) groups excluding carboxylic acids is 1. The summed E-state index contributed by atoms with van der Waals surface area (Å²) in [6.45, 7) is 6.10. The molecular formula is C25H30Cl3NO3. The Kier molecular flexibility index (Phi) is 8.74. The Labute approximate surface area is 205 Å². The van der Waals surface area contributed by atoms with Gasteiger partial charge in [-0.15, -0.1) is 0 Å². The molecule has 0 heterocycles. The Bertz CT molecular complexity index is 893. The summed E-state index contributed by atoms with van der Waals surface area (Å²) in [5.41, 5.74) is -0.0145. The second kappa shape index (κ2) is 11.1. The van der Waals surface area contributed by atoms with Crippen molar-refractivity contribution in [3.05, 3.63) is 63.1 Å². The highest BCUT2D eigenvalue weighted by molar-refractivity contribution is 6.34. The fraction of sp³-hybridized carbons (Fsp3) is 0.480. The maximum atomic E-state index is 13.1. The van der Waals surface area contributed by atoms with Gasteiger partial charge in [-0.2, -0.15) is 0 Å². The van der Waals surface area contributed by atoms with E-state index in [1.807, 2.05) is 31.2 Å². The van der Waals surface area contributed by atoms with Gasteiger partial charge in [-0.25, -0.2) is 0 Å². The molecule has 4 nitrogen and oxygen atoms in total. The smallest absolute Gasteiger partial charge is 0.263 e. The standard InChI is InChI=1S/C25H30Cl3NO3/c1-16(29-24(30)25(2,3)32-22-13-20(27)12-21(28)14-22)23(31-15-18-5-4-6-18)11-17-7-9-19(26)10-8-17/h7-10,12-14,16,18,23H,4-6,11,15H2,1-3H3,(H,29,30). The van der Waals surface area contributed by atoms with E-state index in [0.29, 0.717) is 39.8 Å². The van der Waals surface area contributed by atoms with Gasteiger partial charge in [0.05, 0.1) is 12.1 Å². The third kappa shape index (κ3) is 7.28. The monoisotopic (exact) mass is 497 g/mol. The average Bonchev–Trinajstić information content (AvgIpc) is 2.66. The van der Waals surface area contributed by atoms with Crippen molar-refractivity contribution in [2.75, 3.05) is 6.61 Å². The summed E-state index contributed by atoms with van der Waals surface area (Å²) in [7, 11) is 0. The average molecular weight is 499 g/mol. The van der Waals surface area contributed by atoms with Crippen LogP contribution in [0, 0.1) is 5.92 Å². The van der Waals surface area contributed by atoms with E-state index in [0.717, 1.165) is 5.56 Å². The number of ether oxygens (including phenoxy) is 2. The minimum Gasteiger partial charge on any atom is -0.478 e. The van der Waals surface area contributed by atoms with Crippen LogP contribution in [-0.2, 0) is 16.0 Å². The fourth-order valence-electron chi connectivity index (χ4n) is 3.55. The van der Waals surface area contributed by atoms with Crippen molar-refractivity contribution in [2.45, 2.75) is 64.2 Å². The first-order valence-corrected chi connectivity index (χ1v) is 12.1. The third-order valence-corrected chi connectivity index (χ3v) is 6.48. The molecule has 1 aliphatic rings. The van der Waals surface area contributed by atoms with Crippen LogP contribution in [0.5, 0.6) is 5.75 Å². The minimum atomic E-state index is -1.12. The molecule has 2 aromatic carbocycles. The lowest BCUT2D eigenvalue weighted by Gasteiger charge is -2.33. The van der Waals surface area contributed by atoms with Crippen LogP contribution < -0.4 is 10.1 Å². The number of carbonyl (C=O) groups is 1. The summed E-state index contributed by atoms with van der Waals surface area (Å²) >= 11 is 18.1. The van der Waals surface area contributed by atoms with Gasteiger partial charge in [-0.05, 0) is 75.4 Å². The lowest BCUT2D eigenvalue weighted by molar-refractivity contribution is -0.136. The van der Waals surface area contributed by atoms with Crippen LogP contribution in [0.15, 0.2) is 42.5 Å². The molecule has 7 heteroatoms. The van der Waals surface area contributed by atoms with Crippen LogP contribution >= 0.6 is 34.8 Å². The molecule has 1 amide bonds. The highest BCUT2D eigenvalue weighted by atomic mass is 35.5. The maximum absolute atomic E-state index is 13.1. The van der Waals surface area contributed by atoms with Gasteiger partial charge in [0.1, 0.15) is 5.75 Å². The quantitative estimate of drug-likeness (QED) is 0.395. The number of rotatable bonds is 10. The number of halogens is 3. The second-order valence-electron chi connectivity index (χ2n) is 8.98. The zero-order valence-electron chi connectivity index (χ0n) is 18.7. The summed E-state index contributed by atoms with van der Waals surface area (Å²) < 4.78 is 12.2. The Balaban J connectivity index is 1.65. The summed E-state index contributed by atoms with van der Waals surface area (Å²) in [5.74, 6) is 0.807. The molecule has 32 heavy (non-hydrogen) atoms. The normalized spacial score (nSPS) is 16.2. The van der Waals surface area contributed by atoms with E-state index in [2.05, 4.69) is 5.32 Å². The predicted molar refractivity (Wildman–Crippen MR) is 131 cm³/mol. The summed E-state index contributed by atoms with van der Waals surface area (Å²) in [4.78, 5) is 13.1. The van der Waals surface area contributed by atoms with Crippen molar-refractivity contribution in [3.8, 4) is 5.75 Å². The molecule has 0 aliphatic heterocycles. The Morgan fingerprint density at radius 2 is 1.69 bits per heavy atom. The summed E-state index contributed by atoms with van der Waals surface area (Å²) in [5, 5.41) is 4.67. The Hall–Kier alpha value is -1.46. The van der Waals surface area contributed by atoms with Crippen LogP contribution in [0.25, 0.3) is 0 Å². The largest absolute Gasteiger partial charge is 0.478 e. The first-order chi connectivity index (χ1) is 15.1. The van der Waals surface area contributed by atoms with Crippen LogP contribution in [0.1, 0.15) is 45.6 Å². The number of amides is 1. The Morgan fingerprint density at radius 3 is 2.25 bits per heavy atom. The van der Waals surface area contributed by atoms with Gasteiger partial charge < -0.3 is 14.8 Å². The van der Waals surface area contributed by atoms with Crippen LogP contribution in [0.3, 0.4) is 0 Å². The highest BCUT2D eigenvalue weighted by Crippen LogP contribution is 2.29. The number of hydrogen-bond acceptors (Lipinski definition) is 3. The molecule has 0 saturated heterocycles. The fourth-order valence-corrected chi connectivity index (χ4v) is 4.19. The number of nitrogens with one attached hydrogen (secondary N) is 1. The van der Waals surface area contributed by atoms with Crippen molar-refractivity contribution in [1.82, 2.24) is 5.32 Å². The molecule has 2 unspecified atom stereocenters. The van der Waals surface area contributed by atoms with Crippen molar-refractivity contribution >= 4 is 40.7 Å². The lowest BCUT2D eigenvalue weighted by atomic mass is 9.86. The lowest BCUT2D eigenvalue weighted by Crippen LogP contribution is -2.53. The van der Waals surface area contributed by atoms with Gasteiger partial charge >= 0.3 is 0 Å². The van der Waals surface area contributed by atoms with E-state index in [4.69, 9.17) is 44.3 Å². The minimum absolute atomic E-state index is 0.169. The van der Waals surface area contributed by atoms with Crippen molar-refractivity contribution in [2.24, 2.45) is 5.92 Å². The molecule has 1 N–H and O–H groups in total. The molecule has 0 radical (unpaired) electrons. The van der Waals surface area contributed by atoms with E-state index in [1.54, 1.807) is 32.0 Å². The summed E-state index contributed by atoms with van der Waals surface area (Å²) in [6, 6.07) is 12.4. The molecule has 0 bridgehead atoms. The third-order valence-electron chi connectivity index (χ3n) is 5.79. The molecule has 3 rings (SSSR count). The van der Waals surface area contributed by atoms with Crippen LogP contribution in [0.2, 0.25) is 15.1 Å². The molecular weight excluding hydrogens is 469 g/mol. The van der Waals surface area contributed by atoms with Gasteiger partial charge in [0.15, 0.2) is 5.60 Å². The molecule has 0 aromatic heterocycles. The SMILES string of the molecule is CC(NC(=O)C(C)(C)Oc1cc(Cl)cc(Cl)c1)C(Cc1ccc(Cl)cc1)OCC1CCC1. The van der Waals surface area contributed by atoms with E-state index < -0.39 is 5.60 Å². The number of benzene rings is 2. The van der Waals surface area contributed by atoms with E-state index in [1.165, 1.54) is 19.3 Å². The highest BCUT2D eigenvalue weighted by Gasteiger charge is 2.33. The van der Waals surface area contributed by atoms with Crippen molar-refractivity contribution < 1.29 is 14.3 Å². The van der Waals surface area contributed by atoms with E-state index in [-0.39, 0.29) is 18.1 Å². The van der Waals surface area contributed by atoms with Gasteiger partial charge in [0.2, 0.25) is 0 Å². The van der Waals surface area contributed by atoms with Crippen molar-refractivity contribution in [1.29, 1.82) is 0 Å². The topological polar surface area (TPSA) is 47.6 Å². The molecule has 2 aromatic rings. The van der Waals surface area contributed by atoms with E-state index in [9.17, 15) is 4.79 Å². The van der Waals surface area contributed by atoms with Crippen LogP contribution in [0.4, 0.5) is 0 Å². The van der Waals surface area contributed by atoms with Gasteiger partial charge in [0, 0.05) is 28.1 Å². The Morgan fingerprint density at radius 1 is 1.06 bits per heavy atom. The van der Waals surface area contributed by atoms with E-state index >= 15 is 0 Å². The zero-order chi connectivity index (χ0) is 23.3. The summed E-state index contributed by atoms with van der Waals surface area (Å²) in [6.07, 6.45) is 4.18. The van der Waals surface area contributed by atoms with Gasteiger partial charge in [-0.3, -0.25) is 4.79 Å². The first kappa shape index (κ1) is 25.2. The zero-order valence-corrected chi connectivity index (χ0v) is 20.9. The molecule has 2 atom stereocenters. The van der Waals surface area contributed by atoms with Gasteiger partial charge in [0.25, 0.3) is 5.91 Å². The second-order valence-corrected chi connectivity index (χ2v) is 10.3. The maximum Gasteiger partial charge on any atom is 0.263 e.